The summed E-state index contributed by atoms with van der Waals surface area (Å²) in [6.07, 6.45) is 2.46. The third kappa shape index (κ3) is 5.39. The summed E-state index contributed by atoms with van der Waals surface area (Å²) in [4.78, 5) is 27.0. The molecule has 0 atom stereocenters. The molecule has 0 unspecified atom stereocenters. The van der Waals surface area contributed by atoms with Gasteiger partial charge in [-0.05, 0) is 35.7 Å². The standard InChI is InChI=1S/C26H24N2O3/c29-25-13-7-8-17-27(25)20-23-14-15-24(31-23)26(30)28(19-22-11-5-2-6-12-22)18-16-21-9-3-1-4-10-21/h1-15,17H,16,18-20H2. The molecule has 0 aliphatic heterocycles. The average molecular weight is 412 g/mol. The number of hydrogen-bond donors (Lipinski definition) is 0. The summed E-state index contributed by atoms with van der Waals surface area (Å²) in [6, 6.07) is 28.5. The van der Waals surface area contributed by atoms with Crippen molar-refractivity contribution in [2.75, 3.05) is 6.54 Å². The highest BCUT2D eigenvalue weighted by Crippen LogP contribution is 2.15. The van der Waals surface area contributed by atoms with Crippen LogP contribution in [0.15, 0.2) is 106 Å². The zero-order valence-corrected chi connectivity index (χ0v) is 17.2. The van der Waals surface area contributed by atoms with Crippen molar-refractivity contribution in [2.45, 2.75) is 19.5 Å². The maximum absolute atomic E-state index is 13.3. The number of nitrogens with zero attached hydrogens (tertiary/aromatic N) is 2. The second-order valence-corrected chi connectivity index (χ2v) is 7.38. The maximum atomic E-state index is 13.3. The molecule has 156 valence electrons. The minimum absolute atomic E-state index is 0.111. The van der Waals surface area contributed by atoms with Crippen molar-refractivity contribution in [3.63, 3.8) is 0 Å². The summed E-state index contributed by atoms with van der Waals surface area (Å²) in [7, 11) is 0. The molecular weight excluding hydrogens is 388 g/mol. The first kappa shape index (κ1) is 20.4. The topological polar surface area (TPSA) is 55.5 Å². The molecule has 2 aromatic heterocycles. The van der Waals surface area contributed by atoms with E-state index in [2.05, 4.69) is 12.1 Å². The molecule has 0 aliphatic rings. The average Bonchev–Trinajstić information content (AvgIpc) is 3.28. The van der Waals surface area contributed by atoms with Crippen LogP contribution in [-0.2, 0) is 19.5 Å². The van der Waals surface area contributed by atoms with E-state index >= 15 is 0 Å². The Kier molecular flexibility index (Phi) is 6.43. The van der Waals surface area contributed by atoms with Gasteiger partial charge in [0.05, 0.1) is 6.54 Å². The van der Waals surface area contributed by atoms with Crippen LogP contribution in [-0.4, -0.2) is 21.9 Å². The minimum atomic E-state index is -0.161. The van der Waals surface area contributed by atoms with Crippen LogP contribution in [0, 0.1) is 0 Å². The quantitative estimate of drug-likeness (QED) is 0.432. The Balaban J connectivity index is 1.51. The second-order valence-electron chi connectivity index (χ2n) is 7.38. The Hall–Kier alpha value is -3.86. The Labute approximate surface area is 181 Å². The number of carbonyl (C=O) groups excluding carboxylic acids is 1. The van der Waals surface area contributed by atoms with Gasteiger partial charge in [-0.15, -0.1) is 0 Å². The van der Waals surface area contributed by atoms with E-state index in [0.29, 0.717) is 18.8 Å². The maximum Gasteiger partial charge on any atom is 0.289 e. The van der Waals surface area contributed by atoms with E-state index in [9.17, 15) is 9.59 Å². The van der Waals surface area contributed by atoms with E-state index in [0.717, 1.165) is 12.0 Å². The van der Waals surface area contributed by atoms with Crippen LogP contribution in [0.2, 0.25) is 0 Å². The normalized spacial score (nSPS) is 10.7. The molecule has 0 spiro atoms. The van der Waals surface area contributed by atoms with Gasteiger partial charge in [0.25, 0.3) is 11.5 Å². The van der Waals surface area contributed by atoms with Gasteiger partial charge in [0, 0.05) is 25.4 Å². The lowest BCUT2D eigenvalue weighted by molar-refractivity contribution is 0.0710. The number of furan rings is 1. The number of rotatable bonds is 8. The van der Waals surface area contributed by atoms with E-state index in [4.69, 9.17) is 4.42 Å². The Morgan fingerprint density at radius 1 is 0.806 bits per heavy atom. The number of hydrogen-bond acceptors (Lipinski definition) is 3. The highest BCUT2D eigenvalue weighted by molar-refractivity contribution is 5.91. The summed E-state index contributed by atoms with van der Waals surface area (Å²) in [5, 5.41) is 0. The Morgan fingerprint density at radius 2 is 1.48 bits per heavy atom. The molecule has 0 aliphatic carbocycles. The van der Waals surface area contributed by atoms with Crippen LogP contribution >= 0.6 is 0 Å². The van der Waals surface area contributed by atoms with E-state index < -0.39 is 0 Å². The molecule has 0 saturated heterocycles. The van der Waals surface area contributed by atoms with Crippen molar-refractivity contribution in [3.8, 4) is 0 Å². The van der Waals surface area contributed by atoms with Gasteiger partial charge in [0.2, 0.25) is 0 Å². The number of benzene rings is 2. The monoisotopic (exact) mass is 412 g/mol. The largest absolute Gasteiger partial charge is 0.454 e. The molecule has 0 N–H and O–H groups in total. The summed E-state index contributed by atoms with van der Waals surface area (Å²) >= 11 is 0. The fourth-order valence-electron chi connectivity index (χ4n) is 3.46. The molecule has 0 bridgehead atoms. The van der Waals surface area contributed by atoms with Gasteiger partial charge in [-0.2, -0.15) is 0 Å². The zero-order chi connectivity index (χ0) is 21.5. The van der Waals surface area contributed by atoms with Crippen LogP contribution in [0.4, 0.5) is 0 Å². The molecule has 0 radical (unpaired) electrons. The van der Waals surface area contributed by atoms with Crippen molar-refractivity contribution in [3.05, 3.63) is 130 Å². The Morgan fingerprint density at radius 3 is 2.19 bits per heavy atom. The van der Waals surface area contributed by atoms with Crippen LogP contribution < -0.4 is 5.56 Å². The van der Waals surface area contributed by atoms with E-state index in [1.54, 1.807) is 39.9 Å². The Bertz CT molecular complexity index is 1180. The van der Waals surface area contributed by atoms with Crippen LogP contribution in [0.25, 0.3) is 0 Å². The highest BCUT2D eigenvalue weighted by atomic mass is 16.4. The lowest BCUT2D eigenvalue weighted by Gasteiger charge is -2.22. The summed E-state index contributed by atoms with van der Waals surface area (Å²) < 4.78 is 7.37. The van der Waals surface area contributed by atoms with Gasteiger partial charge in [0.1, 0.15) is 5.76 Å². The van der Waals surface area contributed by atoms with Gasteiger partial charge in [-0.1, -0.05) is 66.7 Å². The van der Waals surface area contributed by atoms with Crippen LogP contribution in [0.5, 0.6) is 0 Å². The molecule has 0 fully saturated rings. The van der Waals surface area contributed by atoms with Crippen molar-refractivity contribution < 1.29 is 9.21 Å². The summed E-state index contributed by atoms with van der Waals surface area (Å²) in [6.45, 7) is 1.36. The highest BCUT2D eigenvalue weighted by Gasteiger charge is 2.20. The first-order chi connectivity index (χ1) is 15.2. The molecule has 31 heavy (non-hydrogen) atoms. The third-order valence-electron chi connectivity index (χ3n) is 5.11. The first-order valence-corrected chi connectivity index (χ1v) is 10.3. The SMILES string of the molecule is O=C(c1ccc(Cn2ccccc2=O)o1)N(CCc1ccccc1)Cc1ccccc1. The molecule has 5 heteroatoms. The predicted octanol–water partition coefficient (Wildman–Crippen LogP) is 4.37. The lowest BCUT2D eigenvalue weighted by atomic mass is 10.1. The molecule has 2 aromatic carbocycles. The van der Waals surface area contributed by atoms with Crippen molar-refractivity contribution >= 4 is 5.91 Å². The van der Waals surface area contributed by atoms with Gasteiger partial charge in [0.15, 0.2) is 5.76 Å². The van der Waals surface area contributed by atoms with Gasteiger partial charge in [-0.25, -0.2) is 0 Å². The minimum Gasteiger partial charge on any atom is -0.454 e. The lowest BCUT2D eigenvalue weighted by Crippen LogP contribution is -2.32. The molecule has 0 saturated carbocycles. The molecule has 2 heterocycles. The molecular formula is C26H24N2O3. The zero-order valence-electron chi connectivity index (χ0n) is 17.2. The number of carbonyl (C=O) groups is 1. The van der Waals surface area contributed by atoms with Gasteiger partial charge >= 0.3 is 0 Å². The van der Waals surface area contributed by atoms with Crippen LogP contribution in [0.1, 0.15) is 27.4 Å². The van der Waals surface area contributed by atoms with E-state index in [-0.39, 0.29) is 23.8 Å². The van der Waals surface area contributed by atoms with Crippen molar-refractivity contribution in [1.82, 2.24) is 9.47 Å². The van der Waals surface area contributed by atoms with E-state index in [1.165, 1.54) is 11.6 Å². The van der Waals surface area contributed by atoms with Gasteiger partial charge < -0.3 is 13.9 Å². The number of aromatic nitrogens is 1. The molecule has 4 rings (SSSR count). The second kappa shape index (κ2) is 9.76. The van der Waals surface area contributed by atoms with Crippen molar-refractivity contribution in [1.29, 1.82) is 0 Å². The van der Waals surface area contributed by atoms with Crippen molar-refractivity contribution in [2.24, 2.45) is 0 Å². The van der Waals surface area contributed by atoms with Crippen LogP contribution in [0.3, 0.4) is 0 Å². The molecule has 1 amide bonds. The fourth-order valence-corrected chi connectivity index (χ4v) is 3.46. The predicted molar refractivity (Wildman–Crippen MR) is 120 cm³/mol. The smallest absolute Gasteiger partial charge is 0.289 e. The third-order valence-corrected chi connectivity index (χ3v) is 5.11. The molecule has 4 aromatic rings. The number of amides is 1. The number of pyridine rings is 1. The first-order valence-electron chi connectivity index (χ1n) is 10.3. The summed E-state index contributed by atoms with van der Waals surface area (Å²) in [5.74, 6) is 0.689. The molecule has 5 nitrogen and oxygen atoms in total. The fraction of sp³-hybridized carbons (Fsp3) is 0.154. The van der Waals surface area contributed by atoms with Gasteiger partial charge in [-0.3, -0.25) is 9.59 Å². The summed E-state index contributed by atoms with van der Waals surface area (Å²) in [5.41, 5.74) is 2.13. The van der Waals surface area contributed by atoms with E-state index in [1.807, 2.05) is 48.5 Å².